The van der Waals surface area contributed by atoms with Gasteiger partial charge in [0.05, 0.1) is 48.1 Å². The number of aromatic nitrogens is 4. The first kappa shape index (κ1) is 24.1. The van der Waals surface area contributed by atoms with Crippen LogP contribution in [0.1, 0.15) is 5.56 Å². The Morgan fingerprint density at radius 2 is 1.81 bits per heavy atom. The van der Waals surface area contributed by atoms with Crippen molar-refractivity contribution < 1.29 is 22.8 Å². The molecular weight excluding hydrogens is 512 g/mol. The molecule has 2 aromatic carbocycles. The average molecular weight is 531 g/mol. The van der Waals surface area contributed by atoms with Gasteiger partial charge < -0.3 is 14.0 Å². The molecule has 0 bridgehead atoms. The molecule has 0 N–H and O–H groups in total. The van der Waals surface area contributed by atoms with Gasteiger partial charge in [-0.1, -0.05) is 29.8 Å². The van der Waals surface area contributed by atoms with Crippen LogP contribution in [-0.2, 0) is 26.0 Å². The molecule has 1 aliphatic rings. The molecule has 5 rings (SSSR count). The maximum Gasteiger partial charge on any atom is 0.269 e. The van der Waals surface area contributed by atoms with Gasteiger partial charge in [-0.05, 0) is 23.8 Å². The molecule has 2 aromatic heterocycles. The Balaban J connectivity index is 1.57. The van der Waals surface area contributed by atoms with Gasteiger partial charge in [-0.25, -0.2) is 23.4 Å². The molecule has 0 amide bonds. The summed E-state index contributed by atoms with van der Waals surface area (Å²) in [5.41, 5.74) is 1.75. The number of nitrogens with zero attached hydrogens (tertiary/aromatic N) is 6. The van der Waals surface area contributed by atoms with E-state index in [1.165, 1.54) is 22.8 Å². The molecule has 12 nitrogen and oxygen atoms in total. The fourth-order valence-electron chi connectivity index (χ4n) is 3.88. The maximum absolute atomic E-state index is 13.8. The Labute approximate surface area is 210 Å². The van der Waals surface area contributed by atoms with Gasteiger partial charge in [0.1, 0.15) is 11.8 Å². The van der Waals surface area contributed by atoms with Crippen LogP contribution >= 0.6 is 11.6 Å². The SMILES string of the molecule is O=[N+]([O-])c1ccc(S(=O)(=O)N(CC2OCCO2)c2ccccc2Cn2cnc3c(Cl)ncnc32)cc1. The first-order chi connectivity index (χ1) is 17.3. The van der Waals surface area contributed by atoms with Crippen LogP contribution in [0.5, 0.6) is 0 Å². The minimum Gasteiger partial charge on any atom is -0.348 e. The van der Waals surface area contributed by atoms with Crippen LogP contribution in [0, 0.1) is 10.1 Å². The van der Waals surface area contributed by atoms with Gasteiger partial charge in [0, 0.05) is 12.1 Å². The van der Waals surface area contributed by atoms with Crippen molar-refractivity contribution in [2.45, 2.75) is 17.7 Å². The van der Waals surface area contributed by atoms with E-state index < -0.39 is 21.2 Å². The minimum atomic E-state index is -4.16. The van der Waals surface area contributed by atoms with E-state index >= 15 is 0 Å². The molecule has 1 saturated heterocycles. The Hall–Kier alpha value is -3.65. The normalized spacial score (nSPS) is 14.4. The van der Waals surface area contributed by atoms with Gasteiger partial charge in [-0.2, -0.15) is 0 Å². The van der Waals surface area contributed by atoms with E-state index in [1.54, 1.807) is 35.2 Å². The van der Waals surface area contributed by atoms with Crippen molar-refractivity contribution in [3.8, 4) is 0 Å². The third-order valence-electron chi connectivity index (χ3n) is 5.60. The first-order valence-corrected chi connectivity index (χ1v) is 12.6. The summed E-state index contributed by atoms with van der Waals surface area (Å²) < 4.78 is 41.6. The number of nitro benzene ring substituents is 1. The smallest absolute Gasteiger partial charge is 0.269 e. The Morgan fingerprint density at radius 1 is 1.08 bits per heavy atom. The number of anilines is 1. The summed E-state index contributed by atoms with van der Waals surface area (Å²) >= 11 is 6.12. The Kier molecular flexibility index (Phi) is 6.53. The molecule has 1 fully saturated rings. The molecule has 36 heavy (non-hydrogen) atoms. The minimum absolute atomic E-state index is 0.103. The van der Waals surface area contributed by atoms with Gasteiger partial charge in [-0.15, -0.1) is 0 Å². The second kappa shape index (κ2) is 9.78. The molecule has 4 aromatic rings. The number of para-hydroxylation sites is 1. The summed E-state index contributed by atoms with van der Waals surface area (Å²) in [6.07, 6.45) is 2.11. The fraction of sp³-hybridized carbons (Fsp3) is 0.227. The van der Waals surface area contributed by atoms with E-state index in [4.69, 9.17) is 21.1 Å². The molecule has 0 spiro atoms. The number of hydrogen-bond donors (Lipinski definition) is 0. The topological polar surface area (TPSA) is 143 Å². The van der Waals surface area contributed by atoms with Crippen molar-refractivity contribution in [1.82, 2.24) is 19.5 Å². The lowest BCUT2D eigenvalue weighted by Crippen LogP contribution is -2.38. The fourth-order valence-corrected chi connectivity index (χ4v) is 5.55. The number of sulfonamides is 1. The zero-order chi connectivity index (χ0) is 25.3. The highest BCUT2D eigenvalue weighted by Crippen LogP contribution is 2.30. The second-order valence-corrected chi connectivity index (χ2v) is 10.0. The summed E-state index contributed by atoms with van der Waals surface area (Å²) in [4.78, 5) is 22.8. The van der Waals surface area contributed by atoms with Crippen LogP contribution in [0.25, 0.3) is 11.2 Å². The molecule has 0 atom stereocenters. The maximum atomic E-state index is 13.8. The lowest BCUT2D eigenvalue weighted by atomic mass is 10.1. The summed E-state index contributed by atoms with van der Waals surface area (Å²) in [7, 11) is -4.16. The molecule has 14 heteroatoms. The molecule has 0 saturated carbocycles. The standard InChI is InChI=1S/C22H19ClN6O6S/c23-21-20-22(25-13-24-21)27(14-26-20)11-15-3-1-2-4-18(15)28(12-19-34-9-10-35-19)36(32,33)17-7-5-16(6-8-17)29(30)31/h1-8,13-14,19H,9-12H2. The molecule has 3 heterocycles. The predicted octanol–water partition coefficient (Wildman–Crippen LogP) is 3.00. The van der Waals surface area contributed by atoms with E-state index in [-0.39, 0.29) is 28.8 Å². The lowest BCUT2D eigenvalue weighted by Gasteiger charge is -2.28. The highest BCUT2D eigenvalue weighted by atomic mass is 35.5. The highest BCUT2D eigenvalue weighted by Gasteiger charge is 2.32. The van der Waals surface area contributed by atoms with E-state index in [1.807, 2.05) is 0 Å². The van der Waals surface area contributed by atoms with Crippen LogP contribution < -0.4 is 4.31 Å². The van der Waals surface area contributed by atoms with Gasteiger partial charge >= 0.3 is 0 Å². The summed E-state index contributed by atoms with van der Waals surface area (Å²) in [5, 5.41) is 11.3. The van der Waals surface area contributed by atoms with Gasteiger partial charge in [0.2, 0.25) is 0 Å². The molecule has 186 valence electrons. The largest absolute Gasteiger partial charge is 0.348 e. The number of ether oxygens (including phenoxy) is 2. The van der Waals surface area contributed by atoms with E-state index in [9.17, 15) is 18.5 Å². The number of imidazole rings is 1. The van der Waals surface area contributed by atoms with Crippen molar-refractivity contribution in [3.63, 3.8) is 0 Å². The van der Waals surface area contributed by atoms with E-state index in [0.717, 1.165) is 12.1 Å². The molecule has 0 unspecified atom stereocenters. The zero-order valence-electron chi connectivity index (χ0n) is 18.6. The molecule has 0 radical (unpaired) electrons. The van der Waals surface area contributed by atoms with Crippen LogP contribution in [0.4, 0.5) is 11.4 Å². The molecular formula is C22H19ClN6O6S. The Morgan fingerprint density at radius 3 is 2.53 bits per heavy atom. The van der Waals surface area contributed by atoms with Crippen molar-refractivity contribution in [1.29, 1.82) is 0 Å². The van der Waals surface area contributed by atoms with Gasteiger partial charge in [-0.3, -0.25) is 14.4 Å². The summed E-state index contributed by atoms with van der Waals surface area (Å²) in [6, 6.07) is 11.7. The third-order valence-corrected chi connectivity index (χ3v) is 7.67. The number of benzene rings is 2. The first-order valence-electron chi connectivity index (χ1n) is 10.7. The van der Waals surface area contributed by atoms with Crippen molar-refractivity contribution >= 4 is 44.2 Å². The van der Waals surface area contributed by atoms with Crippen molar-refractivity contribution in [3.05, 3.63) is 82.0 Å². The number of rotatable bonds is 8. The molecule has 0 aliphatic carbocycles. The number of halogens is 1. The highest BCUT2D eigenvalue weighted by molar-refractivity contribution is 7.92. The second-order valence-electron chi connectivity index (χ2n) is 7.80. The van der Waals surface area contributed by atoms with Crippen molar-refractivity contribution in [2.75, 3.05) is 24.1 Å². The number of nitro groups is 1. The van der Waals surface area contributed by atoms with Crippen molar-refractivity contribution in [2.24, 2.45) is 0 Å². The van der Waals surface area contributed by atoms with Crippen LogP contribution in [-0.4, -0.2) is 58.9 Å². The number of non-ortho nitro benzene ring substituents is 1. The zero-order valence-corrected chi connectivity index (χ0v) is 20.2. The summed E-state index contributed by atoms with van der Waals surface area (Å²) in [5.74, 6) is 0. The van der Waals surface area contributed by atoms with E-state index in [2.05, 4.69) is 15.0 Å². The van der Waals surface area contributed by atoms with Crippen LogP contribution in [0.15, 0.2) is 66.1 Å². The molecule has 1 aliphatic heterocycles. The number of fused-ring (bicyclic) bond motifs is 1. The van der Waals surface area contributed by atoms with Gasteiger partial charge in [0.25, 0.3) is 15.7 Å². The lowest BCUT2D eigenvalue weighted by molar-refractivity contribution is -0.384. The van der Waals surface area contributed by atoms with Crippen LogP contribution in [0.3, 0.4) is 0 Å². The predicted molar refractivity (Wildman–Crippen MR) is 129 cm³/mol. The van der Waals surface area contributed by atoms with Gasteiger partial charge in [0.15, 0.2) is 17.1 Å². The van der Waals surface area contributed by atoms with E-state index in [0.29, 0.717) is 35.6 Å². The van der Waals surface area contributed by atoms with Crippen LogP contribution in [0.2, 0.25) is 5.15 Å². The number of hydrogen-bond acceptors (Lipinski definition) is 9. The average Bonchev–Trinajstić information content (AvgIpc) is 3.54. The quantitative estimate of drug-likeness (QED) is 0.191. The third kappa shape index (κ3) is 4.60. The summed E-state index contributed by atoms with van der Waals surface area (Å²) in [6.45, 7) is 0.812. The Bertz CT molecular complexity index is 1520. The monoisotopic (exact) mass is 530 g/mol.